The molecule has 4 N–H and O–H groups in total. The van der Waals surface area contributed by atoms with Crippen molar-refractivity contribution in [2.45, 2.75) is 12.5 Å². The molecule has 1 aromatic heterocycles. The van der Waals surface area contributed by atoms with Crippen molar-refractivity contribution in [2.24, 2.45) is 10.7 Å². The number of allylic oxidation sites excluding steroid dienone is 2. The van der Waals surface area contributed by atoms with Crippen LogP contribution in [0, 0.1) is 5.41 Å². The molecule has 2 aromatic carbocycles. The summed E-state index contributed by atoms with van der Waals surface area (Å²) >= 11 is 6.40. The van der Waals surface area contributed by atoms with E-state index < -0.39 is 22.3 Å². The summed E-state index contributed by atoms with van der Waals surface area (Å²) in [5.41, 5.74) is 8.25. The van der Waals surface area contributed by atoms with E-state index in [1.807, 2.05) is 25.1 Å². The molecule has 1 aliphatic carbocycles. The van der Waals surface area contributed by atoms with Gasteiger partial charge in [0.1, 0.15) is 23.2 Å². The van der Waals surface area contributed by atoms with Crippen molar-refractivity contribution in [3.63, 3.8) is 0 Å². The molecule has 0 bridgehead atoms. The number of anilines is 2. The van der Waals surface area contributed by atoms with Gasteiger partial charge in [0.25, 0.3) is 11.8 Å². The number of rotatable bonds is 8. The van der Waals surface area contributed by atoms with Crippen LogP contribution in [0.4, 0.5) is 11.4 Å². The summed E-state index contributed by atoms with van der Waals surface area (Å²) in [6, 6.07) is 9.92. The Kier molecular flexibility index (Phi) is 8.58. The third kappa shape index (κ3) is 6.48. The van der Waals surface area contributed by atoms with Crippen LogP contribution in [0.1, 0.15) is 17.5 Å². The predicted octanol–water partition coefficient (Wildman–Crippen LogP) is 3.08. The van der Waals surface area contributed by atoms with Crippen molar-refractivity contribution in [1.29, 1.82) is 5.41 Å². The minimum absolute atomic E-state index is 0.0294. The number of amidine groups is 2. The molecule has 2 aliphatic heterocycles. The third-order valence-electron chi connectivity index (χ3n) is 7.45. The van der Waals surface area contributed by atoms with Crippen molar-refractivity contribution < 1.29 is 27.4 Å². The molecule has 14 nitrogen and oxygen atoms in total. The number of ether oxygens (including phenoxy) is 3. The van der Waals surface area contributed by atoms with Crippen LogP contribution in [0.2, 0.25) is 5.02 Å². The van der Waals surface area contributed by atoms with Gasteiger partial charge in [-0.1, -0.05) is 23.8 Å². The number of benzene rings is 2. The van der Waals surface area contributed by atoms with Crippen molar-refractivity contribution in [3.05, 3.63) is 76.3 Å². The lowest BCUT2D eigenvalue weighted by molar-refractivity contribution is -0.124. The molecule has 0 saturated heterocycles. The molecule has 0 saturated carbocycles. The number of nitrogens with one attached hydrogen (secondary N) is 2. The first-order valence-electron chi connectivity index (χ1n) is 14.3. The Bertz CT molecular complexity index is 2050. The van der Waals surface area contributed by atoms with Crippen molar-refractivity contribution in [3.8, 4) is 29.3 Å². The molecule has 0 radical (unpaired) electrons. The van der Waals surface area contributed by atoms with Gasteiger partial charge in [-0.3, -0.25) is 15.2 Å². The van der Waals surface area contributed by atoms with Gasteiger partial charge in [-0.25, -0.2) is 0 Å². The summed E-state index contributed by atoms with van der Waals surface area (Å²) in [5.74, 6) is 0.509. The maximum Gasteiger partial charge on any atom is 0.328 e. The number of halogens is 1. The molecule has 3 heterocycles. The monoisotopic (exact) mass is 676 g/mol. The Morgan fingerprint density at radius 2 is 1.98 bits per heavy atom. The zero-order valence-electron chi connectivity index (χ0n) is 25.4. The lowest BCUT2D eigenvalue weighted by Crippen LogP contribution is -2.45. The number of likely N-dealkylation sites (N-methyl/N-ethyl adjacent to an activating group) is 1. The van der Waals surface area contributed by atoms with Crippen LogP contribution >= 0.6 is 11.6 Å². The molecule has 1 amide bonds. The van der Waals surface area contributed by atoms with Crippen LogP contribution in [-0.4, -0.2) is 81.2 Å². The third-order valence-corrected chi connectivity index (χ3v) is 8.49. The highest BCUT2D eigenvalue weighted by atomic mass is 35.5. The number of aromatic nitrogens is 2. The molecule has 1 unspecified atom stereocenters. The van der Waals surface area contributed by atoms with E-state index in [1.54, 1.807) is 24.3 Å². The van der Waals surface area contributed by atoms with Gasteiger partial charge < -0.3 is 35.1 Å². The number of hydrogen-bond donors (Lipinski definition) is 3. The summed E-state index contributed by atoms with van der Waals surface area (Å²) in [6.45, 7) is 1.37. The van der Waals surface area contributed by atoms with Gasteiger partial charge in [0.05, 0.1) is 16.4 Å². The molecular formula is C31H29ClN8O6S. The zero-order valence-corrected chi connectivity index (χ0v) is 27.0. The summed E-state index contributed by atoms with van der Waals surface area (Å²) < 4.78 is 41.4. The van der Waals surface area contributed by atoms with Crippen molar-refractivity contribution >= 4 is 55.7 Å². The Labute approximate surface area is 276 Å². The quantitative estimate of drug-likeness (QED) is 0.181. The van der Waals surface area contributed by atoms with Gasteiger partial charge in [0.2, 0.25) is 22.3 Å². The molecule has 3 aromatic rings. The second-order valence-electron chi connectivity index (χ2n) is 10.8. The van der Waals surface area contributed by atoms with Gasteiger partial charge in [0, 0.05) is 57.0 Å². The van der Waals surface area contributed by atoms with Crippen LogP contribution < -0.4 is 35.1 Å². The van der Waals surface area contributed by atoms with Gasteiger partial charge >= 0.3 is 6.01 Å². The van der Waals surface area contributed by atoms with Crippen LogP contribution in [0.15, 0.2) is 65.2 Å². The van der Waals surface area contributed by atoms with Gasteiger partial charge in [0.15, 0.2) is 5.69 Å². The van der Waals surface area contributed by atoms with Crippen LogP contribution in [0.25, 0.3) is 0 Å². The molecule has 1 atom stereocenters. The Morgan fingerprint density at radius 1 is 1.17 bits per heavy atom. The highest BCUT2D eigenvalue weighted by Crippen LogP contribution is 2.44. The fraction of sp³-hybridized carbons (Fsp3) is 0.226. The van der Waals surface area contributed by atoms with E-state index in [-0.39, 0.29) is 51.4 Å². The van der Waals surface area contributed by atoms with Crippen LogP contribution in [0.3, 0.4) is 0 Å². The maximum absolute atomic E-state index is 13.7. The van der Waals surface area contributed by atoms with E-state index in [0.717, 1.165) is 23.6 Å². The number of nitrogens with zero attached hydrogens (tertiary/aromatic N) is 5. The minimum atomic E-state index is -2.38. The second-order valence-corrected chi connectivity index (χ2v) is 12.2. The summed E-state index contributed by atoms with van der Waals surface area (Å²) in [7, 11) is 2.95. The first kappa shape index (κ1) is 31.6. The molecule has 0 spiro atoms. The first-order valence-corrected chi connectivity index (χ1v) is 15.7. The summed E-state index contributed by atoms with van der Waals surface area (Å²) in [6.07, 6.45) is 3.53. The van der Waals surface area contributed by atoms with Gasteiger partial charge in [-0.2, -0.15) is 18.4 Å². The average molecular weight is 677 g/mol. The van der Waals surface area contributed by atoms with Crippen LogP contribution in [-0.2, 0) is 15.1 Å². The van der Waals surface area contributed by atoms with E-state index in [4.69, 9.17) is 37.0 Å². The maximum atomic E-state index is 13.7. The lowest BCUT2D eigenvalue weighted by Gasteiger charge is -2.32. The smallest absolute Gasteiger partial charge is 0.328 e. The number of amides is 1. The highest BCUT2D eigenvalue weighted by molar-refractivity contribution is 7.73. The van der Waals surface area contributed by atoms with E-state index in [1.165, 1.54) is 36.2 Å². The molecule has 3 aliphatic rings. The lowest BCUT2D eigenvalue weighted by atomic mass is 10.00. The minimum Gasteiger partial charge on any atom is -0.458 e. The number of aliphatic imine (C=N–C) groups is 1. The van der Waals surface area contributed by atoms with E-state index in [2.05, 4.69) is 20.3 Å². The largest absolute Gasteiger partial charge is 0.458 e. The Balaban J connectivity index is 1.45. The zero-order chi connectivity index (χ0) is 33.4. The molecule has 242 valence electrons. The Morgan fingerprint density at radius 3 is 2.64 bits per heavy atom. The molecule has 47 heavy (non-hydrogen) atoms. The van der Waals surface area contributed by atoms with Gasteiger partial charge in [-0.15, -0.1) is 0 Å². The fourth-order valence-corrected chi connectivity index (χ4v) is 5.54. The second kappa shape index (κ2) is 12.8. The number of nitrogen functional groups attached to an aromatic ring is 1. The molecule has 16 heteroatoms. The van der Waals surface area contributed by atoms with Gasteiger partial charge in [-0.05, 0) is 42.0 Å². The SMILES string of the molecule is CN(C)c1cc(Oc2nc(Oc3cc(C(=N)N)ccc3Cl)nc3c2N(C)C(=O)C(C2=CCC(=S(=O)=O)C=C2)O3)cc(C2=NCCN2)c1. The standard InChI is InChI=1S/C31H29ClN8O6S/c1-39(2)19-12-18(27-35-10-11-36-27)13-20(15-19)44-28-24-29(38-31(37-28)45-23-14-17(26(33)34)6-9-22(23)32)46-25(30(41)40(24)3)16-4-7-21(8-5-16)47(42)43/h4-7,9,12-15,25H,8,10-11H2,1-3H3,(H3,33,34)(H,35,36). The van der Waals surface area contributed by atoms with Crippen molar-refractivity contribution in [2.75, 3.05) is 44.0 Å². The Hall–Kier alpha value is -5.41. The van der Waals surface area contributed by atoms with E-state index in [0.29, 0.717) is 23.4 Å². The molecule has 0 fully saturated rings. The molecular weight excluding hydrogens is 648 g/mol. The highest BCUT2D eigenvalue weighted by Gasteiger charge is 2.39. The number of nitrogens with two attached hydrogens (primary N) is 1. The van der Waals surface area contributed by atoms with E-state index in [9.17, 15) is 13.2 Å². The molecule has 6 rings (SSSR count). The van der Waals surface area contributed by atoms with Crippen LogP contribution in [0.5, 0.6) is 29.3 Å². The number of carbonyl (C=O) groups excluding carboxylic acids is 1. The number of hydrogen-bond acceptors (Lipinski definition) is 12. The summed E-state index contributed by atoms with van der Waals surface area (Å²) in [4.78, 5) is 30.6. The fourth-order valence-electron chi connectivity index (χ4n) is 4.99. The normalized spacial score (nSPS) is 16.9. The summed E-state index contributed by atoms with van der Waals surface area (Å²) in [5, 5.41) is 11.3. The number of carbonyl (C=O) groups is 1. The predicted molar refractivity (Wildman–Crippen MR) is 178 cm³/mol. The number of fused-ring (bicyclic) bond motifs is 1. The first-order chi connectivity index (χ1) is 22.5. The average Bonchev–Trinajstić information content (AvgIpc) is 3.59. The van der Waals surface area contributed by atoms with E-state index >= 15 is 0 Å². The topological polar surface area (TPSA) is 185 Å². The van der Waals surface area contributed by atoms with Crippen molar-refractivity contribution in [1.82, 2.24) is 15.3 Å².